The van der Waals surface area contributed by atoms with Crippen LogP contribution in [0.15, 0.2) is 62.6 Å². The molecule has 146 valence electrons. The molecular formula is C17H15BrFN5O4. The number of nitrogens with one attached hydrogen (secondary N) is 2. The third kappa shape index (κ3) is 5.25. The molecule has 9 nitrogen and oxygen atoms in total. The minimum absolute atomic E-state index is 0.0620. The van der Waals surface area contributed by atoms with E-state index in [9.17, 15) is 9.60 Å². The molecule has 0 unspecified atom stereocenters. The van der Waals surface area contributed by atoms with Crippen LogP contribution in [0.5, 0.6) is 5.75 Å². The molecule has 0 bridgehead atoms. The molecule has 1 aromatic heterocycles. The smallest absolute Gasteiger partial charge is 0.225 e. The minimum atomic E-state index is -0.436. The largest absolute Gasteiger partial charge is 0.491 e. The SMILES string of the molecule is ONC(=Nc1ccc(F)c(Br)c1)c1nonc1NOCCOc1ccccc1. The summed E-state index contributed by atoms with van der Waals surface area (Å²) in [4.78, 5) is 9.40. The Labute approximate surface area is 167 Å². The Bertz CT molecular complexity index is 938. The zero-order valence-electron chi connectivity index (χ0n) is 14.3. The Morgan fingerprint density at radius 2 is 2.00 bits per heavy atom. The van der Waals surface area contributed by atoms with Crippen molar-refractivity contribution < 1.29 is 23.8 Å². The van der Waals surface area contributed by atoms with Crippen molar-refractivity contribution in [1.29, 1.82) is 0 Å². The van der Waals surface area contributed by atoms with Crippen LogP contribution in [0.2, 0.25) is 0 Å². The molecule has 2 aromatic carbocycles. The van der Waals surface area contributed by atoms with Crippen molar-refractivity contribution in [3.63, 3.8) is 0 Å². The maximum absolute atomic E-state index is 13.3. The van der Waals surface area contributed by atoms with Gasteiger partial charge in [-0.25, -0.2) is 19.5 Å². The van der Waals surface area contributed by atoms with Gasteiger partial charge in [-0.2, -0.15) is 0 Å². The molecule has 0 aliphatic rings. The summed E-state index contributed by atoms with van der Waals surface area (Å²) in [5.74, 6) is 0.292. The van der Waals surface area contributed by atoms with Gasteiger partial charge in [0.1, 0.15) is 24.8 Å². The predicted molar refractivity (Wildman–Crippen MR) is 101 cm³/mol. The van der Waals surface area contributed by atoms with E-state index in [4.69, 9.17) is 9.57 Å². The van der Waals surface area contributed by atoms with E-state index in [-0.39, 0.29) is 28.4 Å². The van der Waals surface area contributed by atoms with E-state index in [1.54, 1.807) is 0 Å². The Balaban J connectivity index is 1.59. The first kappa shape index (κ1) is 19.7. The summed E-state index contributed by atoms with van der Waals surface area (Å²) < 4.78 is 23.7. The zero-order chi connectivity index (χ0) is 19.8. The number of nitrogens with zero attached hydrogens (tertiary/aromatic N) is 3. The monoisotopic (exact) mass is 451 g/mol. The Morgan fingerprint density at radius 1 is 1.18 bits per heavy atom. The van der Waals surface area contributed by atoms with Crippen LogP contribution in [0.3, 0.4) is 0 Å². The molecule has 0 spiro atoms. The average Bonchev–Trinajstić information content (AvgIpc) is 3.17. The number of hydroxylamine groups is 1. The van der Waals surface area contributed by atoms with Crippen LogP contribution in [0, 0.1) is 5.82 Å². The maximum atomic E-state index is 13.3. The number of aliphatic imine (C=N–C) groups is 1. The molecule has 0 saturated carbocycles. The Morgan fingerprint density at radius 3 is 2.75 bits per heavy atom. The second-order valence-electron chi connectivity index (χ2n) is 5.24. The Kier molecular flexibility index (Phi) is 6.89. The van der Waals surface area contributed by atoms with Gasteiger partial charge < -0.3 is 4.74 Å². The molecule has 0 fully saturated rings. The summed E-state index contributed by atoms with van der Waals surface area (Å²) in [5.41, 5.74) is 4.88. The topological polar surface area (TPSA) is 114 Å². The fourth-order valence-electron chi connectivity index (χ4n) is 2.06. The van der Waals surface area contributed by atoms with Gasteiger partial charge >= 0.3 is 0 Å². The van der Waals surface area contributed by atoms with Gasteiger partial charge in [0.05, 0.1) is 10.2 Å². The second kappa shape index (κ2) is 9.78. The van der Waals surface area contributed by atoms with Gasteiger partial charge in [-0.05, 0) is 56.6 Å². The number of rotatable bonds is 8. The number of anilines is 1. The fourth-order valence-corrected chi connectivity index (χ4v) is 2.43. The van der Waals surface area contributed by atoms with Crippen LogP contribution in [0.4, 0.5) is 15.9 Å². The number of hydrogen-bond donors (Lipinski definition) is 3. The molecule has 1 heterocycles. The molecule has 3 rings (SSSR count). The summed E-state index contributed by atoms with van der Waals surface area (Å²) in [6.07, 6.45) is 0. The van der Waals surface area contributed by atoms with Crippen LogP contribution < -0.4 is 15.7 Å². The van der Waals surface area contributed by atoms with Gasteiger partial charge in [0, 0.05) is 0 Å². The molecule has 11 heteroatoms. The van der Waals surface area contributed by atoms with Crippen molar-refractivity contribution in [2.75, 3.05) is 18.7 Å². The highest BCUT2D eigenvalue weighted by molar-refractivity contribution is 9.10. The zero-order valence-corrected chi connectivity index (χ0v) is 15.9. The quantitative estimate of drug-likeness (QED) is 0.206. The van der Waals surface area contributed by atoms with Gasteiger partial charge in [0.25, 0.3) is 0 Å². The van der Waals surface area contributed by atoms with Crippen molar-refractivity contribution >= 4 is 33.3 Å². The molecule has 0 saturated heterocycles. The predicted octanol–water partition coefficient (Wildman–Crippen LogP) is 3.45. The lowest BCUT2D eigenvalue weighted by Crippen LogP contribution is -2.22. The summed E-state index contributed by atoms with van der Waals surface area (Å²) in [6.45, 7) is 0.492. The average molecular weight is 452 g/mol. The summed E-state index contributed by atoms with van der Waals surface area (Å²) in [6, 6.07) is 13.4. The number of halogens is 2. The molecule has 0 amide bonds. The van der Waals surface area contributed by atoms with E-state index in [0.29, 0.717) is 12.3 Å². The highest BCUT2D eigenvalue weighted by Gasteiger charge is 2.17. The van der Waals surface area contributed by atoms with Gasteiger partial charge in [0.2, 0.25) is 5.82 Å². The Hall–Kier alpha value is -3.02. The van der Waals surface area contributed by atoms with Gasteiger partial charge in [0.15, 0.2) is 11.5 Å². The first-order chi connectivity index (χ1) is 13.7. The van der Waals surface area contributed by atoms with E-state index in [2.05, 4.69) is 41.3 Å². The number of aromatic nitrogens is 2. The van der Waals surface area contributed by atoms with Crippen molar-refractivity contribution in [1.82, 2.24) is 15.8 Å². The van der Waals surface area contributed by atoms with Crippen LogP contribution in [0.25, 0.3) is 0 Å². The highest BCUT2D eigenvalue weighted by atomic mass is 79.9. The molecule has 3 aromatic rings. The molecule has 28 heavy (non-hydrogen) atoms. The molecular weight excluding hydrogens is 437 g/mol. The van der Waals surface area contributed by atoms with Crippen LogP contribution >= 0.6 is 15.9 Å². The van der Waals surface area contributed by atoms with Crippen LogP contribution in [-0.2, 0) is 4.84 Å². The lowest BCUT2D eigenvalue weighted by atomic mass is 10.3. The summed E-state index contributed by atoms with van der Waals surface area (Å²) >= 11 is 3.07. The number of para-hydroxylation sites is 1. The van der Waals surface area contributed by atoms with Crippen LogP contribution in [0.1, 0.15) is 5.69 Å². The minimum Gasteiger partial charge on any atom is -0.491 e. The van der Waals surface area contributed by atoms with E-state index in [1.807, 2.05) is 35.8 Å². The molecule has 0 aliphatic carbocycles. The normalized spacial score (nSPS) is 11.3. The summed E-state index contributed by atoms with van der Waals surface area (Å²) in [7, 11) is 0. The molecule has 3 N–H and O–H groups in total. The molecule has 0 atom stereocenters. The molecule has 0 aliphatic heterocycles. The first-order valence-electron chi connectivity index (χ1n) is 8.00. The third-order valence-electron chi connectivity index (χ3n) is 3.33. The number of benzene rings is 2. The first-order valence-corrected chi connectivity index (χ1v) is 8.79. The maximum Gasteiger partial charge on any atom is 0.225 e. The van der Waals surface area contributed by atoms with Gasteiger partial charge in [-0.15, -0.1) is 0 Å². The highest BCUT2D eigenvalue weighted by Crippen LogP contribution is 2.23. The van der Waals surface area contributed by atoms with E-state index in [1.165, 1.54) is 18.2 Å². The van der Waals surface area contributed by atoms with Crippen LogP contribution in [-0.4, -0.2) is 34.6 Å². The number of hydrogen-bond acceptors (Lipinski definition) is 8. The van der Waals surface area contributed by atoms with Crippen molar-refractivity contribution in [2.24, 2.45) is 4.99 Å². The lowest BCUT2D eigenvalue weighted by molar-refractivity contribution is 0.141. The summed E-state index contributed by atoms with van der Waals surface area (Å²) in [5, 5.41) is 16.7. The number of amidine groups is 1. The fraction of sp³-hybridized carbons (Fsp3) is 0.118. The third-order valence-corrected chi connectivity index (χ3v) is 3.94. The molecule has 0 radical (unpaired) electrons. The van der Waals surface area contributed by atoms with Crippen molar-refractivity contribution in [3.05, 3.63) is 64.5 Å². The van der Waals surface area contributed by atoms with Crippen molar-refractivity contribution in [3.8, 4) is 5.75 Å². The lowest BCUT2D eigenvalue weighted by Gasteiger charge is -2.08. The van der Waals surface area contributed by atoms with E-state index >= 15 is 0 Å². The standard InChI is InChI=1S/C17H15BrFN5O4/c18-13-10-11(6-7-14(13)19)20-16(21-25)15-17(24-28-22-15)23-27-9-8-26-12-4-2-1-3-5-12/h1-7,10,25H,8-9H2,(H,20,21)(H,23,24). The second-order valence-corrected chi connectivity index (χ2v) is 6.10. The van der Waals surface area contributed by atoms with Gasteiger partial charge in [-0.3, -0.25) is 15.5 Å². The van der Waals surface area contributed by atoms with Crippen molar-refractivity contribution in [2.45, 2.75) is 0 Å². The van der Waals surface area contributed by atoms with E-state index in [0.717, 1.165) is 5.75 Å². The van der Waals surface area contributed by atoms with Gasteiger partial charge in [-0.1, -0.05) is 18.2 Å². The number of ether oxygens (including phenoxy) is 1. The van der Waals surface area contributed by atoms with E-state index < -0.39 is 5.82 Å².